The van der Waals surface area contributed by atoms with Gasteiger partial charge in [0.15, 0.2) is 0 Å². The monoisotopic (exact) mass is 387 g/mol. The van der Waals surface area contributed by atoms with Gasteiger partial charge in [0.25, 0.3) is 0 Å². The molecule has 2 atom stereocenters. The van der Waals surface area contributed by atoms with E-state index >= 15 is 0 Å². The molecule has 0 aromatic carbocycles. The van der Waals surface area contributed by atoms with Gasteiger partial charge in [0.05, 0.1) is 11.2 Å². The normalized spacial score (nSPS) is 23.9. The highest BCUT2D eigenvalue weighted by molar-refractivity contribution is 6.33. The lowest BCUT2D eigenvalue weighted by Gasteiger charge is -2.25. The van der Waals surface area contributed by atoms with Crippen LogP contribution in [0.1, 0.15) is 45.2 Å². The molecule has 144 valence electrons. The Bertz CT molecular complexity index is 875. The highest BCUT2D eigenvalue weighted by atomic mass is 35.5. The molecule has 2 aromatic rings. The van der Waals surface area contributed by atoms with E-state index in [1.807, 2.05) is 16.9 Å². The maximum absolute atomic E-state index is 12.6. The van der Waals surface area contributed by atoms with Crippen LogP contribution < -0.4 is 11.1 Å². The third kappa shape index (κ3) is 3.73. The van der Waals surface area contributed by atoms with Crippen molar-refractivity contribution in [3.63, 3.8) is 0 Å². The molecule has 3 heterocycles. The summed E-state index contributed by atoms with van der Waals surface area (Å²) in [5.41, 5.74) is 9.27. The molecule has 7 heteroatoms. The van der Waals surface area contributed by atoms with E-state index in [2.05, 4.69) is 29.2 Å². The molecule has 3 N–H and O–H groups in total. The predicted molar refractivity (Wildman–Crippen MR) is 107 cm³/mol. The van der Waals surface area contributed by atoms with E-state index < -0.39 is 0 Å². The van der Waals surface area contributed by atoms with E-state index in [1.54, 1.807) is 6.20 Å². The zero-order valence-corrected chi connectivity index (χ0v) is 16.6. The van der Waals surface area contributed by atoms with Crippen molar-refractivity contribution in [2.45, 2.75) is 58.5 Å². The molecule has 6 nitrogen and oxygen atoms in total. The van der Waals surface area contributed by atoms with Crippen molar-refractivity contribution in [1.82, 2.24) is 14.8 Å². The molecule has 0 spiro atoms. The number of anilines is 1. The number of fused-ring (bicyclic) bond motifs is 1. The van der Waals surface area contributed by atoms with E-state index in [-0.39, 0.29) is 23.3 Å². The fourth-order valence-corrected chi connectivity index (χ4v) is 4.49. The van der Waals surface area contributed by atoms with Crippen molar-refractivity contribution in [3.05, 3.63) is 29.2 Å². The molecule has 2 aromatic heterocycles. The van der Waals surface area contributed by atoms with Crippen LogP contribution in [0.4, 0.5) is 5.82 Å². The summed E-state index contributed by atoms with van der Waals surface area (Å²) in [5, 5.41) is 8.04. The Labute approximate surface area is 164 Å². The fraction of sp³-hybridized carbons (Fsp3) is 0.550. The summed E-state index contributed by atoms with van der Waals surface area (Å²) in [7, 11) is 0. The number of carbonyl (C=O) groups is 1. The third-order valence-corrected chi connectivity index (χ3v) is 5.96. The number of nitrogens with one attached hydrogen (secondary N) is 1. The van der Waals surface area contributed by atoms with Crippen LogP contribution in [0.3, 0.4) is 0 Å². The summed E-state index contributed by atoms with van der Waals surface area (Å²) in [6.45, 7) is 5.37. The number of aromatic nitrogens is 3. The van der Waals surface area contributed by atoms with E-state index in [9.17, 15) is 4.79 Å². The van der Waals surface area contributed by atoms with Crippen molar-refractivity contribution in [2.75, 3.05) is 5.32 Å². The van der Waals surface area contributed by atoms with E-state index in [0.717, 1.165) is 49.8 Å². The predicted octanol–water partition coefficient (Wildman–Crippen LogP) is 3.64. The topological polar surface area (TPSA) is 85.8 Å². The first-order valence-electron chi connectivity index (χ1n) is 9.59. The highest BCUT2D eigenvalue weighted by Gasteiger charge is 2.32. The van der Waals surface area contributed by atoms with Crippen LogP contribution in [0.25, 0.3) is 11.1 Å². The zero-order valence-electron chi connectivity index (χ0n) is 15.8. The van der Waals surface area contributed by atoms with Crippen molar-refractivity contribution in [1.29, 1.82) is 0 Å². The van der Waals surface area contributed by atoms with Crippen LogP contribution >= 0.6 is 11.6 Å². The first-order valence-corrected chi connectivity index (χ1v) is 9.97. The largest absolute Gasteiger partial charge is 0.328 e. The Morgan fingerprint density at radius 1 is 1.33 bits per heavy atom. The summed E-state index contributed by atoms with van der Waals surface area (Å²) in [6, 6.07) is 1.97. The fourth-order valence-electron chi connectivity index (χ4n) is 4.28. The summed E-state index contributed by atoms with van der Waals surface area (Å²) >= 11 is 6.44. The van der Waals surface area contributed by atoms with E-state index in [1.165, 1.54) is 5.69 Å². The highest BCUT2D eigenvalue weighted by Crippen LogP contribution is 2.39. The van der Waals surface area contributed by atoms with Gasteiger partial charge in [-0.2, -0.15) is 5.10 Å². The van der Waals surface area contributed by atoms with Gasteiger partial charge >= 0.3 is 0 Å². The molecule has 1 aliphatic heterocycles. The van der Waals surface area contributed by atoms with Gasteiger partial charge in [0.2, 0.25) is 5.91 Å². The molecule has 1 aliphatic carbocycles. The molecule has 1 amide bonds. The maximum Gasteiger partial charge on any atom is 0.228 e. The Kier molecular flexibility index (Phi) is 4.72. The van der Waals surface area contributed by atoms with Crippen molar-refractivity contribution in [2.24, 2.45) is 17.1 Å². The summed E-state index contributed by atoms with van der Waals surface area (Å²) in [5.74, 6) is 0.471. The minimum Gasteiger partial charge on any atom is -0.328 e. The first kappa shape index (κ1) is 18.4. The Hall–Kier alpha value is -1.92. The average molecular weight is 388 g/mol. The summed E-state index contributed by atoms with van der Waals surface area (Å²) in [4.78, 5) is 16.9. The van der Waals surface area contributed by atoms with Crippen LogP contribution in [-0.4, -0.2) is 26.7 Å². The SMILES string of the molecule is CC1(C)Cc2c(-c3cc(NC(=O)[C@@H]4CCC[C@H](N)C4)ncc3Cl)cnn2C1. The number of carbonyl (C=O) groups excluding carboxylic acids is 1. The van der Waals surface area contributed by atoms with Gasteiger partial charge < -0.3 is 11.1 Å². The molecule has 27 heavy (non-hydrogen) atoms. The molecule has 1 saturated carbocycles. The van der Waals surface area contributed by atoms with Crippen molar-refractivity contribution in [3.8, 4) is 11.1 Å². The second kappa shape index (κ2) is 6.91. The first-order chi connectivity index (χ1) is 12.8. The minimum absolute atomic E-state index is 0.00714. The van der Waals surface area contributed by atoms with Crippen LogP contribution in [0.2, 0.25) is 5.02 Å². The molecule has 2 aliphatic rings. The smallest absolute Gasteiger partial charge is 0.228 e. The number of hydrogen-bond acceptors (Lipinski definition) is 4. The molecule has 0 unspecified atom stereocenters. The Balaban J connectivity index is 1.57. The lowest BCUT2D eigenvalue weighted by atomic mass is 9.85. The van der Waals surface area contributed by atoms with Gasteiger partial charge in [-0.25, -0.2) is 4.98 Å². The standard InChI is InChI=1S/C20H26ClN5O/c1-20(2)8-17-15(9-24-26(17)11-20)14-7-18(23-10-16(14)21)25-19(27)12-4-3-5-13(22)6-12/h7,9-10,12-13H,3-6,8,11,22H2,1-2H3,(H,23,25,27)/t12-,13+/m1/s1. The van der Waals surface area contributed by atoms with Crippen molar-refractivity contribution < 1.29 is 4.79 Å². The number of amides is 1. The Morgan fingerprint density at radius 3 is 2.93 bits per heavy atom. The molecular formula is C20H26ClN5O. The van der Waals surface area contributed by atoms with Gasteiger partial charge in [-0.05, 0) is 37.2 Å². The molecule has 0 radical (unpaired) electrons. The number of hydrogen-bond donors (Lipinski definition) is 2. The van der Waals surface area contributed by atoms with Crippen LogP contribution in [0.5, 0.6) is 0 Å². The second-order valence-corrected chi connectivity index (χ2v) is 9.07. The Morgan fingerprint density at radius 2 is 2.15 bits per heavy atom. The van der Waals surface area contributed by atoms with Crippen LogP contribution in [-0.2, 0) is 17.8 Å². The molecular weight excluding hydrogens is 362 g/mol. The number of pyridine rings is 1. The number of halogens is 1. The number of nitrogens with two attached hydrogens (primary N) is 1. The maximum atomic E-state index is 12.6. The lowest BCUT2D eigenvalue weighted by Crippen LogP contribution is -2.34. The van der Waals surface area contributed by atoms with Gasteiger partial charge in [-0.3, -0.25) is 9.48 Å². The zero-order chi connectivity index (χ0) is 19.2. The average Bonchev–Trinajstić information content (AvgIpc) is 3.11. The third-order valence-electron chi connectivity index (χ3n) is 5.65. The van der Waals surface area contributed by atoms with Crippen molar-refractivity contribution >= 4 is 23.3 Å². The summed E-state index contributed by atoms with van der Waals surface area (Å²) in [6.07, 6.45) is 8.01. The lowest BCUT2D eigenvalue weighted by molar-refractivity contribution is -0.120. The van der Waals surface area contributed by atoms with E-state index in [4.69, 9.17) is 17.3 Å². The molecule has 1 fully saturated rings. The number of nitrogens with zero attached hydrogens (tertiary/aromatic N) is 3. The van der Waals surface area contributed by atoms with Crippen LogP contribution in [0, 0.1) is 11.3 Å². The summed E-state index contributed by atoms with van der Waals surface area (Å²) < 4.78 is 2.05. The van der Waals surface area contributed by atoms with Gasteiger partial charge in [0.1, 0.15) is 5.82 Å². The minimum atomic E-state index is -0.0455. The van der Waals surface area contributed by atoms with E-state index in [0.29, 0.717) is 10.8 Å². The van der Waals surface area contributed by atoms with Crippen LogP contribution in [0.15, 0.2) is 18.5 Å². The second-order valence-electron chi connectivity index (χ2n) is 8.67. The van der Waals surface area contributed by atoms with Gasteiger partial charge in [-0.1, -0.05) is 31.9 Å². The molecule has 0 saturated heterocycles. The van der Waals surface area contributed by atoms with Gasteiger partial charge in [0, 0.05) is 41.5 Å². The number of rotatable bonds is 3. The quantitative estimate of drug-likeness (QED) is 0.841. The van der Waals surface area contributed by atoms with Gasteiger partial charge in [-0.15, -0.1) is 0 Å². The molecule has 4 rings (SSSR count). The molecule has 0 bridgehead atoms.